The lowest BCUT2D eigenvalue weighted by atomic mass is 10.2. The van der Waals surface area contributed by atoms with Crippen molar-refractivity contribution in [2.75, 3.05) is 16.8 Å². The van der Waals surface area contributed by atoms with Gasteiger partial charge in [-0.25, -0.2) is 9.37 Å². The van der Waals surface area contributed by atoms with E-state index < -0.39 is 28.4 Å². The van der Waals surface area contributed by atoms with Gasteiger partial charge in [0.25, 0.3) is 16.8 Å². The molecule has 0 atom stereocenters. The van der Waals surface area contributed by atoms with Crippen LogP contribution in [0.1, 0.15) is 43.7 Å². The summed E-state index contributed by atoms with van der Waals surface area (Å²) < 4.78 is 62.0. The minimum atomic E-state index is -4.50. The fraction of sp³-hybridized carbons (Fsp3) is 0.195. The van der Waals surface area contributed by atoms with E-state index in [2.05, 4.69) is 10.3 Å². The molecule has 0 fully saturated rings. The third-order valence-corrected chi connectivity index (χ3v) is 9.99. The largest absolute Gasteiger partial charge is 0.456 e. The Balaban J connectivity index is 0.000000256. The van der Waals surface area contributed by atoms with E-state index in [-0.39, 0.29) is 61.3 Å². The SMILES string of the molecule is CC(C)N(C(=O)SCC(Cl)=C(Cl)Cl)C(C)C.Nc1c([N+](=O)[O-])ccc(Oc2ccccc2)c1Cl.O=C(Nc1ccc(F)cc1)c1cccc(Oc2cccc(C(F)(F)F)c2)n1. The van der Waals surface area contributed by atoms with Gasteiger partial charge < -0.3 is 25.4 Å². The van der Waals surface area contributed by atoms with Gasteiger partial charge in [-0.1, -0.05) is 88.5 Å². The quantitative estimate of drug-likeness (QED) is 0.0571. The second kappa shape index (κ2) is 23.7. The number of pyridine rings is 1. The number of carbonyl (C=O) groups excluding carboxylic acids is 2. The molecule has 0 aliphatic rings. The van der Waals surface area contributed by atoms with Crippen LogP contribution in [0.2, 0.25) is 5.02 Å². The van der Waals surface area contributed by atoms with Crippen molar-refractivity contribution in [3.8, 4) is 23.1 Å². The van der Waals surface area contributed by atoms with E-state index in [4.69, 9.17) is 61.6 Å². The van der Waals surface area contributed by atoms with E-state index in [1.807, 2.05) is 33.8 Å². The van der Waals surface area contributed by atoms with Crippen molar-refractivity contribution in [2.24, 2.45) is 0 Å². The highest BCUT2D eigenvalue weighted by Gasteiger charge is 2.30. The van der Waals surface area contributed by atoms with Gasteiger partial charge in [-0.15, -0.1) is 0 Å². The number of nitrogens with one attached hydrogen (secondary N) is 1. The molecule has 4 aromatic carbocycles. The van der Waals surface area contributed by atoms with Gasteiger partial charge in [0.05, 0.1) is 15.5 Å². The number of para-hydroxylation sites is 1. The molecule has 11 nitrogen and oxygen atoms in total. The number of ether oxygens (including phenoxy) is 2. The number of nitrogens with two attached hydrogens (primary N) is 1. The Morgan fingerprint density at radius 1 is 0.869 bits per heavy atom. The maximum Gasteiger partial charge on any atom is 0.416 e. The van der Waals surface area contributed by atoms with Crippen LogP contribution in [0.3, 0.4) is 0 Å². The number of nitrogen functional groups attached to an aromatic ring is 1. The summed E-state index contributed by atoms with van der Waals surface area (Å²) in [5, 5.41) is 13.5. The molecule has 0 aliphatic carbocycles. The molecule has 61 heavy (non-hydrogen) atoms. The highest BCUT2D eigenvalue weighted by atomic mass is 35.5. The number of carbonyl (C=O) groups is 2. The number of thioether (sulfide) groups is 1. The molecule has 5 rings (SSSR count). The molecule has 3 N–H and O–H groups in total. The molecule has 20 heteroatoms. The van der Waals surface area contributed by atoms with Crippen LogP contribution >= 0.6 is 58.2 Å². The molecule has 0 saturated carbocycles. The van der Waals surface area contributed by atoms with Crippen molar-refractivity contribution >= 4 is 86.4 Å². The van der Waals surface area contributed by atoms with Crippen LogP contribution in [0, 0.1) is 15.9 Å². The van der Waals surface area contributed by atoms with Crippen molar-refractivity contribution < 1.29 is 41.5 Å². The van der Waals surface area contributed by atoms with E-state index in [0.29, 0.717) is 22.2 Å². The Kier molecular flexibility index (Phi) is 19.4. The van der Waals surface area contributed by atoms with Crippen molar-refractivity contribution in [3.05, 3.63) is 151 Å². The number of hydrogen-bond donors (Lipinski definition) is 2. The summed E-state index contributed by atoms with van der Waals surface area (Å²) in [7, 11) is 0. The molecule has 0 saturated heterocycles. The van der Waals surface area contributed by atoms with E-state index >= 15 is 0 Å². The monoisotopic (exact) mass is 943 g/mol. The molecule has 5 aromatic rings. The highest BCUT2D eigenvalue weighted by Crippen LogP contribution is 2.39. The van der Waals surface area contributed by atoms with Gasteiger partial charge >= 0.3 is 6.18 Å². The Morgan fingerprint density at radius 3 is 2.05 bits per heavy atom. The second-order valence-corrected chi connectivity index (χ2v) is 15.5. The maximum atomic E-state index is 12.9. The van der Waals surface area contributed by atoms with Crippen molar-refractivity contribution in [3.63, 3.8) is 0 Å². The topological polar surface area (TPSA) is 150 Å². The zero-order valence-electron chi connectivity index (χ0n) is 32.6. The summed E-state index contributed by atoms with van der Waals surface area (Å²) in [5.74, 6) is 0.0467. The van der Waals surface area contributed by atoms with Gasteiger partial charge in [-0.05, 0) is 94.4 Å². The lowest BCUT2D eigenvalue weighted by Crippen LogP contribution is -2.39. The average molecular weight is 946 g/mol. The van der Waals surface area contributed by atoms with Crippen LogP contribution in [0.5, 0.6) is 23.1 Å². The van der Waals surface area contributed by atoms with Crippen LogP contribution in [0.4, 0.5) is 39.4 Å². The summed E-state index contributed by atoms with van der Waals surface area (Å²) in [6.45, 7) is 7.91. The summed E-state index contributed by atoms with van der Waals surface area (Å²) >= 11 is 23.8. The van der Waals surface area contributed by atoms with Gasteiger partial charge in [0.2, 0.25) is 5.88 Å². The highest BCUT2D eigenvalue weighted by molar-refractivity contribution is 8.13. The van der Waals surface area contributed by atoms with Crippen LogP contribution in [0.15, 0.2) is 119 Å². The number of alkyl halides is 3. The number of halogens is 8. The first-order chi connectivity index (χ1) is 28.7. The Hall–Kier alpha value is -5.26. The van der Waals surface area contributed by atoms with Crippen molar-refractivity contribution in [1.29, 1.82) is 0 Å². The fourth-order valence-electron chi connectivity index (χ4n) is 4.87. The first-order valence-electron chi connectivity index (χ1n) is 17.7. The van der Waals surface area contributed by atoms with Gasteiger partial charge in [0.1, 0.15) is 44.0 Å². The number of amides is 2. The van der Waals surface area contributed by atoms with E-state index in [0.717, 1.165) is 23.9 Å². The molecule has 0 unspecified atom stereocenters. The van der Waals surface area contributed by atoms with Crippen LogP contribution in [0.25, 0.3) is 0 Å². The zero-order valence-corrected chi connectivity index (χ0v) is 36.4. The number of anilines is 2. The lowest BCUT2D eigenvalue weighted by Gasteiger charge is -2.30. The lowest BCUT2D eigenvalue weighted by molar-refractivity contribution is -0.383. The first-order valence-corrected chi connectivity index (χ1v) is 20.2. The van der Waals surface area contributed by atoms with Gasteiger partial charge in [-0.2, -0.15) is 13.2 Å². The Bertz CT molecular complexity index is 2300. The van der Waals surface area contributed by atoms with E-state index in [1.54, 1.807) is 29.2 Å². The number of hydrogen-bond acceptors (Lipinski definition) is 9. The Morgan fingerprint density at radius 2 is 1.48 bits per heavy atom. The Labute approximate surface area is 372 Å². The third kappa shape index (κ3) is 16.3. The summed E-state index contributed by atoms with van der Waals surface area (Å²) in [6, 6.07) is 25.7. The first kappa shape index (κ1) is 50.1. The number of nitro benzene ring substituents is 1. The number of rotatable bonds is 11. The van der Waals surface area contributed by atoms with Crippen LogP contribution < -0.4 is 20.5 Å². The molecule has 2 amide bonds. The molecule has 0 bridgehead atoms. The molecular formula is C41H37Cl4F4N5O6S. The zero-order chi connectivity index (χ0) is 45.4. The summed E-state index contributed by atoms with van der Waals surface area (Å²) in [4.78, 5) is 39.9. The maximum absolute atomic E-state index is 12.9. The molecule has 0 radical (unpaired) electrons. The molecule has 1 heterocycles. The number of aromatic nitrogens is 1. The number of nitrogens with zero attached hydrogens (tertiary/aromatic N) is 3. The van der Waals surface area contributed by atoms with Gasteiger partial charge in [0, 0.05) is 35.7 Å². The van der Waals surface area contributed by atoms with Gasteiger partial charge in [0.15, 0.2) is 0 Å². The summed E-state index contributed by atoms with van der Waals surface area (Å²) in [6.07, 6.45) is -4.50. The molecule has 0 spiro atoms. The van der Waals surface area contributed by atoms with Crippen molar-refractivity contribution in [1.82, 2.24) is 9.88 Å². The third-order valence-electron chi connectivity index (χ3n) is 7.58. The second-order valence-electron chi connectivity index (χ2n) is 12.7. The van der Waals surface area contributed by atoms with Crippen molar-refractivity contribution in [2.45, 2.75) is 46.0 Å². The van der Waals surface area contributed by atoms with Gasteiger partial charge in [-0.3, -0.25) is 19.7 Å². The molecular weight excluding hydrogens is 908 g/mol. The average Bonchev–Trinajstić information content (AvgIpc) is 3.20. The minimum absolute atomic E-state index is 0.0104. The predicted octanol–water partition coefficient (Wildman–Crippen LogP) is 13.8. The normalized spacial score (nSPS) is 10.7. The fourth-order valence-corrected chi connectivity index (χ4v) is 6.49. The molecule has 0 aliphatic heterocycles. The predicted molar refractivity (Wildman–Crippen MR) is 234 cm³/mol. The van der Waals surface area contributed by atoms with E-state index in [9.17, 15) is 37.3 Å². The van der Waals surface area contributed by atoms with E-state index in [1.165, 1.54) is 66.7 Å². The van der Waals surface area contributed by atoms with Crippen LogP contribution in [-0.4, -0.2) is 43.8 Å². The molecule has 1 aromatic heterocycles. The number of benzene rings is 4. The minimum Gasteiger partial charge on any atom is -0.456 e. The number of nitro groups is 1. The standard InChI is InChI=1S/C19H12F4N2O2.C12H9ClN2O3.C10H16Cl3NOS/c20-13-7-9-14(10-8-13)24-18(26)16-5-2-6-17(25-16)27-15-4-1-3-12(11-15)19(21,22)23;13-11-10(18-8-4-2-1-3-5-8)7-6-9(12(11)14)15(16)17;1-6(2)14(7(3)4)10(15)16-5-8(11)9(12)13/h1-11H,(H,24,26);1-7H,14H2;6-7H,5H2,1-4H3. The van der Waals surface area contributed by atoms with Crippen LogP contribution in [-0.2, 0) is 6.18 Å². The smallest absolute Gasteiger partial charge is 0.416 e. The molecule has 324 valence electrons. The summed E-state index contributed by atoms with van der Waals surface area (Å²) in [5.41, 5.74) is 4.75.